The van der Waals surface area contributed by atoms with E-state index in [1.165, 1.54) is 11.1 Å². The number of nitrogens with zero attached hydrogens (tertiary/aromatic N) is 3. The fourth-order valence-corrected chi connectivity index (χ4v) is 3.43. The number of halogens is 2. The zero-order valence-corrected chi connectivity index (χ0v) is 17.8. The average Bonchev–Trinajstić information content (AvgIpc) is 2.76. The highest BCUT2D eigenvalue weighted by atomic mass is 35.5. The minimum absolute atomic E-state index is 0.160. The van der Waals surface area contributed by atoms with Crippen LogP contribution < -0.4 is 19.8 Å². The molecule has 4 rings (SSSR count). The maximum Gasteiger partial charge on any atom is 0.265 e. The number of benzene rings is 2. The number of hydrazone groups is 1. The Hall–Kier alpha value is -3.36. The highest BCUT2D eigenvalue weighted by molar-refractivity contribution is 6.32. The monoisotopic (exact) mass is 458 g/mol. The quantitative estimate of drug-likeness (QED) is 0.359. The lowest BCUT2D eigenvalue weighted by atomic mass is 10.1. The van der Waals surface area contributed by atoms with Gasteiger partial charge < -0.3 is 9.47 Å². The molecule has 2 amide bonds. The summed E-state index contributed by atoms with van der Waals surface area (Å²) >= 11 is 12.2. The van der Waals surface area contributed by atoms with Gasteiger partial charge in [-0.25, -0.2) is 10.4 Å². The Morgan fingerprint density at radius 3 is 2.94 bits per heavy atom. The zero-order chi connectivity index (χ0) is 22.0. The second kappa shape index (κ2) is 8.79. The van der Waals surface area contributed by atoms with Gasteiger partial charge in [-0.2, -0.15) is 5.10 Å². The van der Waals surface area contributed by atoms with E-state index in [1.54, 1.807) is 43.5 Å². The smallest absolute Gasteiger partial charge is 0.265 e. The largest absolute Gasteiger partial charge is 0.497 e. The van der Waals surface area contributed by atoms with Crippen LogP contribution in [0, 0.1) is 0 Å². The molecule has 31 heavy (non-hydrogen) atoms. The highest BCUT2D eigenvalue weighted by Crippen LogP contribution is 2.34. The SMILES string of the molecule is COc1ccc2nc(Cl)c(/C=N/NC(=O)CN3C(=O)COc4ccc(Cl)cc43)cc2c1. The van der Waals surface area contributed by atoms with Crippen LogP contribution >= 0.6 is 23.2 Å². The van der Waals surface area contributed by atoms with Crippen molar-refractivity contribution >= 4 is 57.8 Å². The van der Waals surface area contributed by atoms with E-state index in [2.05, 4.69) is 15.5 Å². The Bertz CT molecular complexity index is 1220. The van der Waals surface area contributed by atoms with Gasteiger partial charge in [-0.05, 0) is 42.5 Å². The van der Waals surface area contributed by atoms with Crippen LogP contribution in [0.25, 0.3) is 10.9 Å². The molecule has 0 unspecified atom stereocenters. The lowest BCUT2D eigenvalue weighted by Crippen LogP contribution is -2.44. The molecule has 0 saturated carbocycles. The maximum atomic E-state index is 12.4. The number of hydrogen-bond acceptors (Lipinski definition) is 6. The minimum Gasteiger partial charge on any atom is -0.497 e. The zero-order valence-electron chi connectivity index (χ0n) is 16.3. The van der Waals surface area contributed by atoms with Crippen LogP contribution in [0.2, 0.25) is 10.2 Å². The molecule has 2 aromatic carbocycles. The molecule has 2 heterocycles. The number of rotatable bonds is 5. The van der Waals surface area contributed by atoms with E-state index >= 15 is 0 Å². The van der Waals surface area contributed by atoms with E-state index in [-0.39, 0.29) is 24.2 Å². The molecule has 0 spiro atoms. The Balaban J connectivity index is 1.47. The van der Waals surface area contributed by atoms with Crippen molar-refractivity contribution in [3.05, 3.63) is 58.2 Å². The molecule has 0 fully saturated rings. The van der Waals surface area contributed by atoms with Crippen LogP contribution in [0.3, 0.4) is 0 Å². The van der Waals surface area contributed by atoms with E-state index in [1.807, 2.05) is 6.07 Å². The number of fused-ring (bicyclic) bond motifs is 2. The van der Waals surface area contributed by atoms with Crippen LogP contribution in [0.5, 0.6) is 11.5 Å². The van der Waals surface area contributed by atoms with Crippen LogP contribution in [0.4, 0.5) is 5.69 Å². The number of ether oxygens (including phenoxy) is 2. The summed E-state index contributed by atoms with van der Waals surface area (Å²) in [4.78, 5) is 30.2. The molecule has 0 radical (unpaired) electrons. The maximum absolute atomic E-state index is 12.4. The number of anilines is 1. The molecule has 1 aliphatic rings. The molecule has 10 heteroatoms. The van der Waals surface area contributed by atoms with E-state index in [9.17, 15) is 9.59 Å². The van der Waals surface area contributed by atoms with E-state index in [0.29, 0.717) is 33.3 Å². The second-order valence-corrected chi connectivity index (χ2v) is 7.40. The molecule has 0 saturated heterocycles. The van der Waals surface area contributed by atoms with Gasteiger partial charge in [0, 0.05) is 16.0 Å². The molecule has 1 N–H and O–H groups in total. The summed E-state index contributed by atoms with van der Waals surface area (Å²) in [5.41, 5.74) is 4.04. The van der Waals surface area contributed by atoms with E-state index in [0.717, 1.165) is 5.39 Å². The van der Waals surface area contributed by atoms with Gasteiger partial charge in [0.25, 0.3) is 11.8 Å². The van der Waals surface area contributed by atoms with E-state index in [4.69, 9.17) is 32.7 Å². The second-order valence-electron chi connectivity index (χ2n) is 6.60. The fraction of sp³-hybridized carbons (Fsp3) is 0.143. The molecule has 8 nitrogen and oxygen atoms in total. The van der Waals surface area contributed by atoms with Crippen molar-refractivity contribution in [1.82, 2.24) is 10.4 Å². The minimum atomic E-state index is -0.496. The van der Waals surface area contributed by atoms with Crippen molar-refractivity contribution in [2.45, 2.75) is 0 Å². The summed E-state index contributed by atoms with van der Waals surface area (Å²) in [6, 6.07) is 12.1. The first-order valence-electron chi connectivity index (χ1n) is 9.13. The summed E-state index contributed by atoms with van der Waals surface area (Å²) in [5.74, 6) is 0.307. The number of pyridine rings is 1. The van der Waals surface area contributed by atoms with Crippen molar-refractivity contribution < 1.29 is 19.1 Å². The Kier molecular flexibility index (Phi) is 5.92. The average molecular weight is 459 g/mol. The summed E-state index contributed by atoms with van der Waals surface area (Å²) in [6.45, 7) is -0.402. The Labute approximate surface area is 187 Å². The Morgan fingerprint density at radius 1 is 1.29 bits per heavy atom. The third-order valence-corrected chi connectivity index (χ3v) is 5.10. The van der Waals surface area contributed by atoms with Gasteiger partial charge in [0.15, 0.2) is 6.61 Å². The summed E-state index contributed by atoms with van der Waals surface area (Å²) in [7, 11) is 1.58. The highest BCUT2D eigenvalue weighted by Gasteiger charge is 2.27. The number of carbonyl (C=O) groups is 2. The number of amides is 2. The van der Waals surface area contributed by atoms with Crippen molar-refractivity contribution in [1.29, 1.82) is 0 Å². The van der Waals surface area contributed by atoms with Crippen LogP contribution in [0.1, 0.15) is 5.56 Å². The topological polar surface area (TPSA) is 93.1 Å². The molecule has 3 aromatic rings. The standard InChI is InChI=1S/C21H16Cl2N4O4/c1-30-15-3-4-16-12(7-15)6-13(21(23)25-16)9-24-26-19(28)10-27-17-8-14(22)2-5-18(17)31-11-20(27)29/h2-9H,10-11H2,1H3,(H,26,28)/b24-9+. The first-order valence-corrected chi connectivity index (χ1v) is 9.89. The molecule has 1 aromatic heterocycles. The summed E-state index contributed by atoms with van der Waals surface area (Å²) in [5, 5.41) is 5.41. The number of carbonyl (C=O) groups excluding carboxylic acids is 2. The lowest BCUT2D eigenvalue weighted by Gasteiger charge is -2.28. The molecular formula is C21H16Cl2N4O4. The van der Waals surface area contributed by atoms with Gasteiger partial charge in [0.2, 0.25) is 0 Å². The first kappa shape index (κ1) is 20.9. The third-order valence-electron chi connectivity index (χ3n) is 4.56. The van der Waals surface area contributed by atoms with Crippen LogP contribution in [-0.2, 0) is 9.59 Å². The van der Waals surface area contributed by atoms with Crippen molar-refractivity contribution in [2.75, 3.05) is 25.2 Å². The van der Waals surface area contributed by atoms with Crippen molar-refractivity contribution in [3.63, 3.8) is 0 Å². The predicted octanol–water partition coefficient (Wildman–Crippen LogP) is 3.43. The number of hydrogen-bond donors (Lipinski definition) is 1. The van der Waals surface area contributed by atoms with Crippen molar-refractivity contribution in [3.8, 4) is 11.5 Å². The molecule has 1 aliphatic heterocycles. The normalized spacial score (nSPS) is 13.3. The summed E-state index contributed by atoms with van der Waals surface area (Å²) in [6.07, 6.45) is 1.39. The van der Waals surface area contributed by atoms with Gasteiger partial charge in [-0.1, -0.05) is 23.2 Å². The molecule has 0 bridgehead atoms. The number of methoxy groups -OCH3 is 1. The van der Waals surface area contributed by atoms with Crippen LogP contribution in [0.15, 0.2) is 47.6 Å². The van der Waals surface area contributed by atoms with Crippen LogP contribution in [-0.4, -0.2) is 43.3 Å². The first-order chi connectivity index (χ1) is 14.9. The lowest BCUT2D eigenvalue weighted by molar-refractivity contribution is -0.125. The molecule has 158 valence electrons. The van der Waals surface area contributed by atoms with E-state index < -0.39 is 5.91 Å². The fourth-order valence-electron chi connectivity index (χ4n) is 3.07. The predicted molar refractivity (Wildman–Crippen MR) is 118 cm³/mol. The Morgan fingerprint density at radius 2 is 2.13 bits per heavy atom. The van der Waals surface area contributed by atoms with Gasteiger partial charge in [0.05, 0.1) is 24.5 Å². The van der Waals surface area contributed by atoms with Gasteiger partial charge in [-0.15, -0.1) is 0 Å². The number of aromatic nitrogens is 1. The van der Waals surface area contributed by atoms with Gasteiger partial charge in [-0.3, -0.25) is 14.5 Å². The van der Waals surface area contributed by atoms with Gasteiger partial charge in [0.1, 0.15) is 23.2 Å². The molecule has 0 aliphatic carbocycles. The van der Waals surface area contributed by atoms with Gasteiger partial charge >= 0.3 is 0 Å². The molecule has 0 atom stereocenters. The van der Waals surface area contributed by atoms with Crippen molar-refractivity contribution in [2.24, 2.45) is 5.10 Å². The third kappa shape index (κ3) is 4.55. The summed E-state index contributed by atoms with van der Waals surface area (Å²) < 4.78 is 10.6. The number of nitrogens with one attached hydrogen (secondary N) is 1. The molecular weight excluding hydrogens is 443 g/mol.